The van der Waals surface area contributed by atoms with Gasteiger partial charge in [-0.3, -0.25) is 0 Å². The van der Waals surface area contributed by atoms with Crippen molar-refractivity contribution >= 4 is 0 Å². The number of benzene rings is 1. The van der Waals surface area contributed by atoms with Crippen LogP contribution in [0.4, 0.5) is 4.39 Å². The molecule has 1 aromatic carbocycles. The summed E-state index contributed by atoms with van der Waals surface area (Å²) in [6.07, 6.45) is 3.29. The van der Waals surface area contributed by atoms with Gasteiger partial charge in [-0.25, -0.2) is 4.39 Å². The molecule has 0 bridgehead atoms. The summed E-state index contributed by atoms with van der Waals surface area (Å²) in [6.45, 7) is 1.75. The Labute approximate surface area is 88.9 Å². The number of rotatable bonds is 1. The van der Waals surface area contributed by atoms with Crippen LogP contribution in [0.1, 0.15) is 30.4 Å². The Kier molecular flexibility index (Phi) is 1.76. The Bertz CT molecular complexity index is 403. The molecule has 2 fully saturated rings. The van der Waals surface area contributed by atoms with Gasteiger partial charge in [0.2, 0.25) is 0 Å². The number of halogens is 1. The van der Waals surface area contributed by atoms with Gasteiger partial charge in [0.05, 0.1) is 5.60 Å². The van der Waals surface area contributed by atoms with Crippen molar-refractivity contribution < 1.29 is 9.50 Å². The summed E-state index contributed by atoms with van der Waals surface area (Å²) in [6, 6.07) is 5.32. The van der Waals surface area contributed by atoms with Gasteiger partial charge in [0.1, 0.15) is 5.82 Å². The lowest BCUT2D eigenvalue weighted by Gasteiger charge is -2.16. The van der Waals surface area contributed by atoms with Gasteiger partial charge < -0.3 is 5.11 Å². The maximum Gasteiger partial charge on any atom is 0.132 e. The van der Waals surface area contributed by atoms with E-state index in [2.05, 4.69) is 0 Å². The zero-order chi connectivity index (χ0) is 10.6. The number of hydrogen-bond acceptors (Lipinski definition) is 1. The zero-order valence-electron chi connectivity index (χ0n) is 8.83. The minimum atomic E-state index is -0.839. The summed E-state index contributed by atoms with van der Waals surface area (Å²) in [7, 11) is 0. The summed E-state index contributed by atoms with van der Waals surface area (Å²) < 4.78 is 13.9. The normalized spacial score (nSPS) is 37.8. The second kappa shape index (κ2) is 2.82. The Balaban J connectivity index is 2.04. The number of fused-ring (bicyclic) bond motifs is 1. The highest BCUT2D eigenvalue weighted by Gasteiger charge is 2.67. The molecule has 0 radical (unpaired) electrons. The fourth-order valence-electron chi connectivity index (χ4n) is 3.28. The lowest BCUT2D eigenvalue weighted by molar-refractivity contribution is 0.101. The standard InChI is InChI=1S/C13H15FO/c1-8-4-2-7-11(12(8)14)13(15)9-5-3-6-10(9)13/h2,4,7,9-10,15H,3,5-6H2,1H3. The van der Waals surface area contributed by atoms with Crippen LogP contribution in [0.3, 0.4) is 0 Å². The van der Waals surface area contributed by atoms with E-state index < -0.39 is 5.60 Å². The SMILES string of the molecule is Cc1cccc(C2(O)C3CCCC32)c1F. The van der Waals surface area contributed by atoms with E-state index in [0.717, 1.165) is 12.8 Å². The first-order valence-electron chi connectivity index (χ1n) is 5.63. The van der Waals surface area contributed by atoms with Crippen LogP contribution in [0, 0.1) is 24.6 Å². The molecule has 80 valence electrons. The summed E-state index contributed by atoms with van der Waals surface area (Å²) >= 11 is 0. The van der Waals surface area contributed by atoms with Gasteiger partial charge >= 0.3 is 0 Å². The van der Waals surface area contributed by atoms with Gasteiger partial charge in [-0.2, -0.15) is 0 Å². The highest BCUT2D eigenvalue weighted by molar-refractivity contribution is 5.37. The molecular formula is C13H15FO. The molecule has 0 saturated heterocycles. The second-order valence-electron chi connectivity index (χ2n) is 4.91. The van der Waals surface area contributed by atoms with E-state index in [1.807, 2.05) is 6.07 Å². The molecule has 0 amide bonds. The smallest absolute Gasteiger partial charge is 0.132 e. The average Bonchev–Trinajstić information content (AvgIpc) is 2.67. The van der Waals surface area contributed by atoms with E-state index in [9.17, 15) is 9.50 Å². The van der Waals surface area contributed by atoms with E-state index in [4.69, 9.17) is 0 Å². The van der Waals surface area contributed by atoms with E-state index in [-0.39, 0.29) is 5.82 Å². The molecule has 0 spiro atoms. The zero-order valence-corrected chi connectivity index (χ0v) is 8.83. The minimum absolute atomic E-state index is 0.214. The van der Waals surface area contributed by atoms with Crippen LogP contribution in [0.25, 0.3) is 0 Å². The molecule has 15 heavy (non-hydrogen) atoms. The summed E-state index contributed by atoms with van der Waals surface area (Å²) in [5, 5.41) is 10.4. The maximum absolute atomic E-state index is 13.9. The third kappa shape index (κ3) is 1.06. The third-order valence-electron chi connectivity index (χ3n) is 4.16. The predicted octanol–water partition coefficient (Wildman–Crippen LogP) is 2.75. The monoisotopic (exact) mass is 206 g/mol. The Hall–Kier alpha value is -0.890. The first-order chi connectivity index (χ1) is 7.15. The molecule has 1 nitrogen and oxygen atoms in total. The van der Waals surface area contributed by atoms with Crippen LogP contribution in [-0.4, -0.2) is 5.11 Å². The molecule has 3 rings (SSSR count). The van der Waals surface area contributed by atoms with Crippen molar-refractivity contribution in [1.29, 1.82) is 0 Å². The van der Waals surface area contributed by atoms with Crippen molar-refractivity contribution in [1.82, 2.24) is 0 Å². The molecule has 1 N–H and O–H groups in total. The molecule has 2 heteroatoms. The molecular weight excluding hydrogens is 191 g/mol. The highest BCUT2D eigenvalue weighted by Crippen LogP contribution is 2.66. The fourth-order valence-corrected chi connectivity index (χ4v) is 3.28. The first-order valence-corrected chi connectivity index (χ1v) is 5.63. The van der Waals surface area contributed by atoms with Crippen LogP contribution in [0.15, 0.2) is 18.2 Å². The quantitative estimate of drug-likeness (QED) is 0.749. The molecule has 2 atom stereocenters. The van der Waals surface area contributed by atoms with E-state index in [1.54, 1.807) is 19.1 Å². The van der Waals surface area contributed by atoms with Crippen LogP contribution in [-0.2, 0) is 5.60 Å². The van der Waals surface area contributed by atoms with Crippen LogP contribution in [0.2, 0.25) is 0 Å². The maximum atomic E-state index is 13.9. The topological polar surface area (TPSA) is 20.2 Å². The Morgan fingerprint density at radius 1 is 1.33 bits per heavy atom. The summed E-state index contributed by atoms with van der Waals surface area (Å²) in [5.41, 5.74) is 0.317. The molecule has 0 aromatic heterocycles. The van der Waals surface area contributed by atoms with Gasteiger partial charge in [-0.1, -0.05) is 24.6 Å². The van der Waals surface area contributed by atoms with Crippen molar-refractivity contribution in [2.45, 2.75) is 31.8 Å². The molecule has 2 aliphatic rings. The van der Waals surface area contributed by atoms with Gasteiger partial charge in [0.15, 0.2) is 0 Å². The van der Waals surface area contributed by atoms with Gasteiger partial charge in [-0.05, 0) is 37.2 Å². The van der Waals surface area contributed by atoms with Gasteiger partial charge in [0.25, 0.3) is 0 Å². The van der Waals surface area contributed by atoms with Crippen molar-refractivity contribution in [3.8, 4) is 0 Å². The first kappa shape index (κ1) is 9.34. The van der Waals surface area contributed by atoms with Gasteiger partial charge in [-0.15, -0.1) is 0 Å². The molecule has 2 aliphatic carbocycles. The second-order valence-corrected chi connectivity index (χ2v) is 4.91. The molecule has 0 aliphatic heterocycles. The van der Waals surface area contributed by atoms with Crippen molar-refractivity contribution in [3.63, 3.8) is 0 Å². The van der Waals surface area contributed by atoms with E-state index in [0.29, 0.717) is 23.0 Å². The molecule has 1 aromatic rings. The minimum Gasteiger partial charge on any atom is -0.384 e. The Morgan fingerprint density at radius 3 is 2.67 bits per heavy atom. The molecule has 0 heterocycles. The largest absolute Gasteiger partial charge is 0.384 e. The summed E-state index contributed by atoms with van der Waals surface area (Å²) in [5.74, 6) is 0.414. The van der Waals surface area contributed by atoms with Crippen molar-refractivity contribution in [2.24, 2.45) is 11.8 Å². The Morgan fingerprint density at radius 2 is 2.00 bits per heavy atom. The number of aryl methyl sites for hydroxylation is 1. The summed E-state index contributed by atoms with van der Waals surface area (Å²) in [4.78, 5) is 0. The van der Waals surface area contributed by atoms with Crippen LogP contribution in [0.5, 0.6) is 0 Å². The molecule has 2 unspecified atom stereocenters. The fraction of sp³-hybridized carbons (Fsp3) is 0.538. The van der Waals surface area contributed by atoms with Crippen LogP contribution >= 0.6 is 0 Å². The highest BCUT2D eigenvalue weighted by atomic mass is 19.1. The van der Waals surface area contributed by atoms with Crippen molar-refractivity contribution in [2.75, 3.05) is 0 Å². The van der Waals surface area contributed by atoms with E-state index in [1.165, 1.54) is 6.42 Å². The number of hydrogen-bond donors (Lipinski definition) is 1. The lowest BCUT2D eigenvalue weighted by Crippen LogP contribution is -2.15. The van der Waals surface area contributed by atoms with Crippen LogP contribution < -0.4 is 0 Å². The van der Waals surface area contributed by atoms with Crippen molar-refractivity contribution in [3.05, 3.63) is 35.1 Å². The number of aliphatic hydroxyl groups is 1. The van der Waals surface area contributed by atoms with Gasteiger partial charge in [0, 0.05) is 5.56 Å². The average molecular weight is 206 g/mol. The van der Waals surface area contributed by atoms with E-state index >= 15 is 0 Å². The molecule has 2 saturated carbocycles. The lowest BCUT2D eigenvalue weighted by atomic mass is 9.97. The predicted molar refractivity (Wildman–Crippen MR) is 55.9 cm³/mol. The third-order valence-corrected chi connectivity index (χ3v) is 4.16.